The first-order valence-electron chi connectivity index (χ1n) is 28.3. The fourth-order valence-electron chi connectivity index (χ4n) is 14.4. The van der Waals surface area contributed by atoms with Crippen molar-refractivity contribution in [3.05, 3.63) is 178 Å². The predicted octanol–water partition coefficient (Wildman–Crippen LogP) is 18.4. The maximum absolute atomic E-state index is 2.76. The smallest absolute Gasteiger partial charge is 0.264 e. The van der Waals surface area contributed by atoms with Crippen LogP contribution in [0.1, 0.15) is 179 Å². The Labute approximate surface area is 453 Å². The highest BCUT2D eigenvalue weighted by atomic mass is 32.1. The van der Waals surface area contributed by atoms with E-state index in [9.17, 15) is 0 Å². The van der Waals surface area contributed by atoms with Gasteiger partial charge in [-0.25, -0.2) is 0 Å². The minimum absolute atomic E-state index is 0.0102. The van der Waals surface area contributed by atoms with Crippen LogP contribution in [-0.2, 0) is 27.1 Å². The molecular formula is C70H76BN3S. The molecule has 2 unspecified atom stereocenters. The lowest BCUT2D eigenvalue weighted by Crippen LogP contribution is -2.60. The molecule has 13 rings (SSSR count). The zero-order valence-corrected chi connectivity index (χ0v) is 47.8. The van der Waals surface area contributed by atoms with Crippen molar-refractivity contribution in [2.75, 3.05) is 14.7 Å². The highest BCUT2D eigenvalue weighted by Crippen LogP contribution is 2.55. The maximum atomic E-state index is 2.76. The molecule has 3 heterocycles. The zero-order valence-electron chi connectivity index (χ0n) is 47.0. The van der Waals surface area contributed by atoms with Gasteiger partial charge in [0.05, 0.1) is 11.4 Å². The van der Waals surface area contributed by atoms with E-state index < -0.39 is 0 Å². The SMILES string of the molecule is CC1CCC(C)c2cc3c4c(sc3cc21)B1c2cc(C(C)(C)C)ccc2N(c2ccc3c(c2)C(C)(C)CCC3(C)C)c2cc(N(c3ccccc3)c3ccccc3)cc(c21)N4c1ccc2c(c1)C(C)(C)CCC2(C)C. The van der Waals surface area contributed by atoms with Crippen molar-refractivity contribution in [3.8, 4) is 0 Å². The van der Waals surface area contributed by atoms with Crippen molar-refractivity contribution >= 4 is 95.0 Å². The second-order valence-electron chi connectivity index (χ2n) is 27.2. The first kappa shape index (κ1) is 48.6. The second kappa shape index (κ2) is 16.7. The van der Waals surface area contributed by atoms with Crippen LogP contribution in [0, 0.1) is 0 Å². The molecule has 0 fully saturated rings. The fourth-order valence-corrected chi connectivity index (χ4v) is 15.7. The topological polar surface area (TPSA) is 9.72 Å². The number of thiophene rings is 1. The first-order valence-corrected chi connectivity index (χ1v) is 29.2. The number of nitrogens with zero attached hydrogens (tertiary/aromatic N) is 3. The van der Waals surface area contributed by atoms with E-state index in [1.54, 1.807) is 11.1 Å². The van der Waals surface area contributed by atoms with Gasteiger partial charge in [-0.1, -0.05) is 151 Å². The van der Waals surface area contributed by atoms with Crippen LogP contribution in [0.2, 0.25) is 0 Å². The average molecular weight is 1000 g/mol. The zero-order chi connectivity index (χ0) is 52.3. The molecular weight excluding hydrogens is 926 g/mol. The number of hydrogen-bond donors (Lipinski definition) is 0. The minimum atomic E-state index is -0.0428. The molecule has 2 aliphatic heterocycles. The summed E-state index contributed by atoms with van der Waals surface area (Å²) in [6, 6.07) is 55.2. The summed E-state index contributed by atoms with van der Waals surface area (Å²) in [5, 5.41) is 1.39. The number of anilines is 9. The average Bonchev–Trinajstić information content (AvgIpc) is 3.90. The Morgan fingerprint density at radius 2 is 1.00 bits per heavy atom. The van der Waals surface area contributed by atoms with Gasteiger partial charge in [0.15, 0.2) is 0 Å². The maximum Gasteiger partial charge on any atom is 0.264 e. The van der Waals surface area contributed by atoms with Gasteiger partial charge in [-0.05, 0) is 206 Å². The summed E-state index contributed by atoms with van der Waals surface area (Å²) in [6.45, 7) is 31.8. The van der Waals surface area contributed by atoms with Crippen molar-refractivity contribution in [2.24, 2.45) is 0 Å². The van der Waals surface area contributed by atoms with Crippen LogP contribution in [0.3, 0.4) is 0 Å². The predicted molar refractivity (Wildman–Crippen MR) is 326 cm³/mol. The van der Waals surface area contributed by atoms with Crippen molar-refractivity contribution in [1.29, 1.82) is 0 Å². The summed E-state index contributed by atoms with van der Waals surface area (Å²) >= 11 is 2.07. The van der Waals surface area contributed by atoms with E-state index >= 15 is 0 Å². The van der Waals surface area contributed by atoms with E-state index in [2.05, 4.69) is 256 Å². The number of hydrogen-bond acceptors (Lipinski definition) is 4. The highest BCUT2D eigenvalue weighted by molar-refractivity contribution is 7.33. The molecule has 0 N–H and O–H groups in total. The van der Waals surface area contributed by atoms with Gasteiger partial charge in [0, 0.05) is 54.7 Å². The first-order chi connectivity index (χ1) is 35.6. The van der Waals surface area contributed by atoms with Gasteiger partial charge in [-0.2, -0.15) is 0 Å². The number of benzene rings is 7. The van der Waals surface area contributed by atoms with Gasteiger partial charge in [0.1, 0.15) is 0 Å². The van der Waals surface area contributed by atoms with Crippen molar-refractivity contribution < 1.29 is 0 Å². The quantitative estimate of drug-likeness (QED) is 0.159. The Hall–Kier alpha value is -6.04. The molecule has 2 atom stereocenters. The Bertz CT molecular complexity index is 3570. The summed E-state index contributed by atoms with van der Waals surface area (Å²) in [5.41, 5.74) is 24.5. The third kappa shape index (κ3) is 7.55. The van der Waals surface area contributed by atoms with Gasteiger partial charge in [0.2, 0.25) is 0 Å². The Morgan fingerprint density at radius 3 is 1.53 bits per heavy atom. The molecule has 8 aromatic rings. The van der Waals surface area contributed by atoms with E-state index in [1.807, 2.05) is 0 Å². The van der Waals surface area contributed by atoms with Gasteiger partial charge in [-0.3, -0.25) is 0 Å². The molecule has 0 saturated carbocycles. The molecule has 380 valence electrons. The van der Waals surface area contributed by atoms with Crippen LogP contribution < -0.4 is 30.4 Å². The second-order valence-corrected chi connectivity index (χ2v) is 28.3. The molecule has 5 heteroatoms. The van der Waals surface area contributed by atoms with Gasteiger partial charge in [0.25, 0.3) is 6.71 Å². The molecule has 1 aromatic heterocycles. The van der Waals surface area contributed by atoms with Crippen LogP contribution in [0.25, 0.3) is 10.1 Å². The molecule has 0 bridgehead atoms. The van der Waals surface area contributed by atoms with Gasteiger partial charge >= 0.3 is 0 Å². The fraction of sp³-hybridized carbons (Fsp3) is 0.371. The number of para-hydroxylation sites is 2. The third-order valence-electron chi connectivity index (χ3n) is 19.3. The summed E-state index contributed by atoms with van der Waals surface area (Å²) in [7, 11) is 0. The van der Waals surface area contributed by atoms with Crippen LogP contribution >= 0.6 is 11.3 Å². The Balaban J connectivity index is 1.19. The van der Waals surface area contributed by atoms with E-state index in [0.717, 1.165) is 29.9 Å². The Morgan fingerprint density at radius 1 is 0.507 bits per heavy atom. The molecule has 0 spiro atoms. The molecule has 0 radical (unpaired) electrons. The van der Waals surface area contributed by atoms with E-state index in [-0.39, 0.29) is 33.8 Å². The summed E-state index contributed by atoms with van der Waals surface area (Å²) < 4.78 is 2.86. The highest BCUT2D eigenvalue weighted by Gasteiger charge is 2.48. The normalized spacial score (nSPS) is 20.4. The Kier molecular flexibility index (Phi) is 10.8. The summed E-state index contributed by atoms with van der Waals surface area (Å²) in [6.07, 6.45) is 7.18. The molecule has 0 amide bonds. The minimum Gasteiger partial charge on any atom is -0.311 e. The lowest BCUT2D eigenvalue weighted by Gasteiger charge is -2.46. The third-order valence-corrected chi connectivity index (χ3v) is 20.5. The largest absolute Gasteiger partial charge is 0.311 e. The molecule has 75 heavy (non-hydrogen) atoms. The number of rotatable bonds is 5. The van der Waals surface area contributed by atoms with Crippen molar-refractivity contribution in [3.63, 3.8) is 0 Å². The summed E-state index contributed by atoms with van der Waals surface area (Å²) in [5.74, 6) is 1.06. The lowest BCUT2D eigenvalue weighted by atomic mass is 9.36. The van der Waals surface area contributed by atoms with Crippen molar-refractivity contribution in [1.82, 2.24) is 0 Å². The summed E-state index contributed by atoms with van der Waals surface area (Å²) in [4.78, 5) is 7.94. The molecule has 3 aliphatic carbocycles. The van der Waals surface area contributed by atoms with E-state index in [0.29, 0.717) is 11.8 Å². The van der Waals surface area contributed by atoms with Crippen LogP contribution in [0.5, 0.6) is 0 Å². The van der Waals surface area contributed by atoms with Crippen LogP contribution in [0.15, 0.2) is 140 Å². The molecule has 3 nitrogen and oxygen atoms in total. The molecule has 5 aliphatic rings. The monoisotopic (exact) mass is 1000 g/mol. The van der Waals surface area contributed by atoms with Crippen LogP contribution in [-0.4, -0.2) is 6.71 Å². The van der Waals surface area contributed by atoms with Crippen molar-refractivity contribution in [2.45, 2.75) is 167 Å². The number of fused-ring (bicyclic) bond motifs is 9. The lowest BCUT2D eigenvalue weighted by molar-refractivity contribution is 0.332. The van der Waals surface area contributed by atoms with E-state index in [4.69, 9.17) is 0 Å². The van der Waals surface area contributed by atoms with Crippen LogP contribution in [0.4, 0.5) is 51.2 Å². The molecule has 0 saturated heterocycles. The standard InChI is InChI=1S/C70H76BN3S/c1-43-24-25-44(2)52-42-62-53(41-51(43)52)64-65(75-62)71-58-36-45(66(3,4)5)26-31-59(58)73(48-27-29-54-56(37-48)69(10,11)34-32-67(54,6)7)60-39-50(72(46-20-16-14-17-21-46)47-22-18-15-19-23-47)40-61(63(60)71)74(64)49-28-30-55-57(38-49)70(12,13)35-33-68(55,8)9/h14-23,26-31,36-44H,24-25,32-35H2,1-13H3. The molecule has 7 aromatic carbocycles. The van der Waals surface area contributed by atoms with E-state index in [1.165, 1.54) is 113 Å². The van der Waals surface area contributed by atoms with Gasteiger partial charge < -0.3 is 14.7 Å². The van der Waals surface area contributed by atoms with Gasteiger partial charge in [-0.15, -0.1) is 11.3 Å².